The third kappa shape index (κ3) is 1.25. The second-order valence-corrected chi connectivity index (χ2v) is 1.71. The van der Waals surface area contributed by atoms with E-state index < -0.39 is 5.92 Å². The Morgan fingerprint density at radius 3 is 2.67 bits per heavy atom. The van der Waals surface area contributed by atoms with Crippen LogP contribution in [0.1, 0.15) is 12.6 Å². The molecule has 0 spiro atoms. The lowest BCUT2D eigenvalue weighted by Gasteiger charge is -2.02. The average Bonchev–Trinajstić information content (AvgIpc) is 2.08. The Balaban J connectivity index is 2.90. The van der Waals surface area contributed by atoms with Crippen LogP contribution in [-0.4, -0.2) is 4.98 Å². The van der Waals surface area contributed by atoms with Crippen LogP contribution in [0.4, 0.5) is 8.78 Å². The average molecular weight is 132 g/mol. The van der Waals surface area contributed by atoms with E-state index in [0.29, 0.717) is 0 Å². The highest BCUT2D eigenvalue weighted by molar-refractivity contribution is 4.98. The van der Waals surface area contributed by atoms with E-state index in [0.717, 1.165) is 13.2 Å². The maximum Gasteiger partial charge on any atom is 0.290 e. The van der Waals surface area contributed by atoms with Crippen LogP contribution >= 0.6 is 0 Å². The molecule has 49 valence electrons. The van der Waals surface area contributed by atoms with Crippen LogP contribution in [0, 0.1) is 6.39 Å². The summed E-state index contributed by atoms with van der Waals surface area (Å²) in [7, 11) is 0. The number of alkyl halides is 2. The Labute approximate surface area is 50.5 Å². The highest BCUT2D eigenvalue weighted by Crippen LogP contribution is 2.24. The van der Waals surface area contributed by atoms with Gasteiger partial charge >= 0.3 is 0 Å². The fourth-order valence-corrected chi connectivity index (χ4v) is 0.386. The van der Waals surface area contributed by atoms with Crippen molar-refractivity contribution in [2.24, 2.45) is 0 Å². The summed E-state index contributed by atoms with van der Waals surface area (Å²) in [5.74, 6) is -2.91. The number of rotatable bonds is 1. The normalized spacial score (nSPS) is 11.9. The molecule has 0 aliphatic heterocycles. The highest BCUT2D eigenvalue weighted by atomic mass is 19.3. The summed E-state index contributed by atoms with van der Waals surface area (Å²) in [6, 6.07) is 0. The number of nitrogens with zero attached hydrogens (tertiary/aromatic N) is 1. The van der Waals surface area contributed by atoms with Crippen LogP contribution in [0.25, 0.3) is 0 Å². The molecule has 0 aromatic carbocycles. The minimum absolute atomic E-state index is 0.387. The second-order valence-electron chi connectivity index (χ2n) is 1.71. The lowest BCUT2D eigenvalue weighted by molar-refractivity contribution is 0.0127. The van der Waals surface area contributed by atoms with Crippen molar-refractivity contribution in [2.45, 2.75) is 12.8 Å². The molecule has 0 saturated heterocycles. The standard InChI is InChI=1S/C5H4F2NO/c1-5(6,7)4-2-9-3-8-4/h2H,1H3. The van der Waals surface area contributed by atoms with E-state index in [9.17, 15) is 8.78 Å². The first-order chi connectivity index (χ1) is 4.11. The zero-order valence-corrected chi connectivity index (χ0v) is 4.69. The summed E-state index contributed by atoms with van der Waals surface area (Å²) in [5, 5.41) is 0. The van der Waals surface area contributed by atoms with Crippen LogP contribution in [0.3, 0.4) is 0 Å². The summed E-state index contributed by atoms with van der Waals surface area (Å²) >= 11 is 0. The van der Waals surface area contributed by atoms with Crippen LogP contribution in [-0.2, 0) is 5.92 Å². The zero-order valence-electron chi connectivity index (χ0n) is 4.69. The molecule has 9 heavy (non-hydrogen) atoms. The summed E-state index contributed by atoms with van der Waals surface area (Å²) in [6.07, 6.45) is 2.81. The molecule has 1 aromatic rings. The first-order valence-corrected chi connectivity index (χ1v) is 2.30. The smallest absolute Gasteiger partial charge is 0.290 e. The third-order valence-electron chi connectivity index (χ3n) is 0.839. The maximum absolute atomic E-state index is 12.1. The molecule has 0 N–H and O–H groups in total. The van der Waals surface area contributed by atoms with Crippen molar-refractivity contribution in [2.75, 3.05) is 0 Å². The van der Waals surface area contributed by atoms with Crippen molar-refractivity contribution in [3.05, 3.63) is 18.4 Å². The molecule has 1 aromatic heterocycles. The molecule has 0 amide bonds. The summed E-state index contributed by atoms with van der Waals surface area (Å²) in [5.41, 5.74) is -0.387. The van der Waals surface area contributed by atoms with Gasteiger partial charge in [0.15, 0.2) is 0 Å². The Morgan fingerprint density at radius 2 is 2.44 bits per heavy atom. The lowest BCUT2D eigenvalue weighted by atomic mass is 10.3. The number of hydrogen-bond donors (Lipinski definition) is 0. The molecule has 4 heteroatoms. The number of aromatic nitrogens is 1. The first kappa shape index (κ1) is 6.19. The molecule has 0 saturated carbocycles. The van der Waals surface area contributed by atoms with Gasteiger partial charge < -0.3 is 4.42 Å². The van der Waals surface area contributed by atoms with E-state index in [1.54, 1.807) is 0 Å². The molecule has 1 rings (SSSR count). The molecule has 1 heterocycles. The monoisotopic (exact) mass is 132 g/mol. The largest absolute Gasteiger partial charge is 0.440 e. The molecule has 0 fully saturated rings. The fraction of sp³-hybridized carbons (Fsp3) is 0.400. The van der Waals surface area contributed by atoms with Gasteiger partial charge in [0.1, 0.15) is 12.0 Å². The van der Waals surface area contributed by atoms with Crippen LogP contribution in [0.2, 0.25) is 0 Å². The van der Waals surface area contributed by atoms with E-state index in [1.165, 1.54) is 0 Å². The Kier molecular flexibility index (Phi) is 1.23. The Bertz CT molecular complexity index is 177. The van der Waals surface area contributed by atoms with Crippen molar-refractivity contribution < 1.29 is 13.2 Å². The first-order valence-electron chi connectivity index (χ1n) is 2.30. The molecular weight excluding hydrogens is 128 g/mol. The SMILES string of the molecule is CC(F)(F)c1co[c]n1. The quantitative estimate of drug-likeness (QED) is 0.579. The number of halogens is 2. The second kappa shape index (κ2) is 1.79. The Hall–Kier alpha value is -0.930. The molecule has 0 atom stereocenters. The topological polar surface area (TPSA) is 26.0 Å². The van der Waals surface area contributed by atoms with E-state index >= 15 is 0 Å². The maximum atomic E-state index is 12.1. The molecule has 0 unspecified atom stereocenters. The van der Waals surface area contributed by atoms with Crippen molar-refractivity contribution in [3.8, 4) is 0 Å². The van der Waals surface area contributed by atoms with E-state index in [2.05, 4.69) is 9.40 Å². The van der Waals surface area contributed by atoms with Gasteiger partial charge in [0, 0.05) is 6.92 Å². The van der Waals surface area contributed by atoms with E-state index in [1.807, 2.05) is 6.39 Å². The highest BCUT2D eigenvalue weighted by Gasteiger charge is 2.27. The molecule has 0 aliphatic carbocycles. The van der Waals surface area contributed by atoms with Crippen molar-refractivity contribution in [1.29, 1.82) is 0 Å². The van der Waals surface area contributed by atoms with Crippen molar-refractivity contribution >= 4 is 0 Å². The Morgan fingerprint density at radius 1 is 1.78 bits per heavy atom. The lowest BCUT2D eigenvalue weighted by Crippen LogP contribution is -2.06. The predicted molar refractivity (Wildman–Crippen MR) is 24.9 cm³/mol. The van der Waals surface area contributed by atoms with Gasteiger partial charge in [-0.05, 0) is 0 Å². The number of oxazole rings is 1. The van der Waals surface area contributed by atoms with Gasteiger partial charge in [-0.1, -0.05) is 0 Å². The molecular formula is C5H4F2NO. The van der Waals surface area contributed by atoms with Gasteiger partial charge in [0.25, 0.3) is 12.3 Å². The molecule has 0 aliphatic rings. The van der Waals surface area contributed by atoms with Crippen LogP contribution in [0.5, 0.6) is 0 Å². The number of hydrogen-bond acceptors (Lipinski definition) is 2. The fourth-order valence-electron chi connectivity index (χ4n) is 0.386. The predicted octanol–water partition coefficient (Wildman–Crippen LogP) is 1.59. The minimum atomic E-state index is -2.91. The van der Waals surface area contributed by atoms with Crippen molar-refractivity contribution in [1.82, 2.24) is 4.98 Å². The van der Waals surface area contributed by atoms with Crippen LogP contribution < -0.4 is 0 Å². The summed E-state index contributed by atoms with van der Waals surface area (Å²) in [4.78, 5) is 3.15. The third-order valence-corrected chi connectivity index (χ3v) is 0.839. The zero-order chi connectivity index (χ0) is 6.91. The van der Waals surface area contributed by atoms with Gasteiger partial charge in [0.05, 0.1) is 0 Å². The molecule has 0 bridgehead atoms. The van der Waals surface area contributed by atoms with E-state index in [-0.39, 0.29) is 5.69 Å². The van der Waals surface area contributed by atoms with Gasteiger partial charge in [-0.15, -0.1) is 0 Å². The minimum Gasteiger partial charge on any atom is -0.440 e. The molecule has 1 radical (unpaired) electrons. The summed E-state index contributed by atoms with van der Waals surface area (Å²) < 4.78 is 28.5. The van der Waals surface area contributed by atoms with Gasteiger partial charge in [-0.2, -0.15) is 8.78 Å². The van der Waals surface area contributed by atoms with Crippen molar-refractivity contribution in [3.63, 3.8) is 0 Å². The molecule has 2 nitrogen and oxygen atoms in total. The van der Waals surface area contributed by atoms with Gasteiger partial charge in [0.2, 0.25) is 0 Å². The summed E-state index contributed by atoms with van der Waals surface area (Å²) in [6.45, 7) is 0.749. The van der Waals surface area contributed by atoms with Crippen LogP contribution in [0.15, 0.2) is 10.7 Å². The van der Waals surface area contributed by atoms with E-state index in [4.69, 9.17) is 0 Å². The van der Waals surface area contributed by atoms with Gasteiger partial charge in [-0.25, -0.2) is 4.98 Å². The van der Waals surface area contributed by atoms with Gasteiger partial charge in [-0.3, -0.25) is 0 Å².